The summed E-state index contributed by atoms with van der Waals surface area (Å²) in [6.45, 7) is 8.53. The molecule has 1 N–H and O–H groups in total. The summed E-state index contributed by atoms with van der Waals surface area (Å²) in [6, 6.07) is 10.9. The molecule has 0 aliphatic carbocycles. The van der Waals surface area contributed by atoms with Gasteiger partial charge in [0, 0.05) is 58.3 Å². The highest BCUT2D eigenvalue weighted by atomic mass is 16.5. The van der Waals surface area contributed by atoms with Gasteiger partial charge < -0.3 is 19.9 Å². The van der Waals surface area contributed by atoms with Crippen LogP contribution in [0.2, 0.25) is 0 Å². The normalized spacial score (nSPS) is 19.8. The molecule has 7 nitrogen and oxygen atoms in total. The molecule has 2 heterocycles. The maximum absolute atomic E-state index is 12.7. The van der Waals surface area contributed by atoms with Crippen molar-refractivity contribution in [1.82, 2.24) is 20.0 Å². The Morgan fingerprint density at radius 1 is 1.17 bits per heavy atom. The number of aliphatic imine (C=N–C) groups is 1. The highest BCUT2D eigenvalue weighted by molar-refractivity contribution is 5.81. The summed E-state index contributed by atoms with van der Waals surface area (Å²) < 4.78 is 5.37. The predicted octanol–water partition coefficient (Wildman–Crippen LogP) is 1.65. The molecule has 2 fully saturated rings. The van der Waals surface area contributed by atoms with Gasteiger partial charge in [0.15, 0.2) is 5.96 Å². The van der Waals surface area contributed by atoms with Gasteiger partial charge >= 0.3 is 0 Å². The number of guanidine groups is 1. The van der Waals surface area contributed by atoms with Gasteiger partial charge in [-0.15, -0.1) is 0 Å². The Hall–Kier alpha value is -2.12. The number of nitrogens with zero attached hydrogens (tertiary/aromatic N) is 4. The average Bonchev–Trinajstić information content (AvgIpc) is 2.80. The number of morpholine rings is 1. The minimum Gasteiger partial charge on any atom is -0.378 e. The summed E-state index contributed by atoms with van der Waals surface area (Å²) in [7, 11) is 4.00. The second kappa shape index (κ2) is 11.3. The van der Waals surface area contributed by atoms with E-state index in [1.165, 1.54) is 5.56 Å². The summed E-state index contributed by atoms with van der Waals surface area (Å²) in [5.41, 5.74) is 1.32. The largest absolute Gasteiger partial charge is 0.378 e. The number of benzene rings is 1. The van der Waals surface area contributed by atoms with Crippen LogP contribution >= 0.6 is 0 Å². The summed E-state index contributed by atoms with van der Waals surface area (Å²) >= 11 is 0. The van der Waals surface area contributed by atoms with Crippen molar-refractivity contribution in [3.63, 3.8) is 0 Å². The van der Waals surface area contributed by atoms with Gasteiger partial charge in [-0.05, 0) is 32.4 Å². The van der Waals surface area contributed by atoms with Crippen molar-refractivity contribution in [1.29, 1.82) is 0 Å². The van der Waals surface area contributed by atoms with Crippen molar-refractivity contribution in [2.75, 3.05) is 60.0 Å². The summed E-state index contributed by atoms with van der Waals surface area (Å²) in [6.07, 6.45) is 1.78. The Labute approximate surface area is 181 Å². The zero-order valence-corrected chi connectivity index (χ0v) is 18.7. The SMILES string of the molecule is CN=C(NCC(C)N(C)Cc1ccccc1)N1CCC(C(=O)N2CCOCC2)CC1. The lowest BCUT2D eigenvalue weighted by atomic mass is 9.95. The Kier molecular flexibility index (Phi) is 8.51. The lowest BCUT2D eigenvalue weighted by Crippen LogP contribution is -2.51. The first-order valence-electron chi connectivity index (χ1n) is 11.1. The number of piperidine rings is 1. The molecule has 1 aromatic rings. The highest BCUT2D eigenvalue weighted by Gasteiger charge is 2.30. The molecule has 0 bridgehead atoms. The first-order valence-corrected chi connectivity index (χ1v) is 11.1. The van der Waals surface area contributed by atoms with E-state index in [0.717, 1.165) is 58.1 Å². The number of hydrogen-bond acceptors (Lipinski definition) is 4. The number of hydrogen-bond donors (Lipinski definition) is 1. The van der Waals surface area contributed by atoms with Crippen LogP contribution in [0.15, 0.2) is 35.3 Å². The monoisotopic (exact) mass is 415 g/mol. The first-order chi connectivity index (χ1) is 14.6. The van der Waals surface area contributed by atoms with Gasteiger partial charge in [-0.3, -0.25) is 14.7 Å². The van der Waals surface area contributed by atoms with Crippen LogP contribution in [-0.2, 0) is 16.1 Å². The second-order valence-electron chi connectivity index (χ2n) is 8.38. The third kappa shape index (κ3) is 6.19. The van der Waals surface area contributed by atoms with Gasteiger partial charge in [0.1, 0.15) is 0 Å². The minimum atomic E-state index is 0.133. The van der Waals surface area contributed by atoms with Crippen LogP contribution in [0.3, 0.4) is 0 Å². The van der Waals surface area contributed by atoms with Crippen LogP contribution in [0.4, 0.5) is 0 Å². The van der Waals surface area contributed by atoms with Crippen LogP contribution < -0.4 is 5.32 Å². The van der Waals surface area contributed by atoms with E-state index in [9.17, 15) is 4.79 Å². The lowest BCUT2D eigenvalue weighted by Gasteiger charge is -2.37. The van der Waals surface area contributed by atoms with Crippen molar-refractivity contribution in [3.8, 4) is 0 Å². The number of likely N-dealkylation sites (N-methyl/N-ethyl adjacent to an activating group) is 1. The fraction of sp³-hybridized carbons (Fsp3) is 0.652. The molecule has 0 aromatic heterocycles. The van der Waals surface area contributed by atoms with Gasteiger partial charge in [-0.2, -0.15) is 0 Å². The maximum Gasteiger partial charge on any atom is 0.225 e. The number of amides is 1. The van der Waals surface area contributed by atoms with E-state index in [0.29, 0.717) is 25.2 Å². The molecule has 1 unspecified atom stereocenters. The smallest absolute Gasteiger partial charge is 0.225 e. The first kappa shape index (κ1) is 22.6. The molecule has 1 atom stereocenters. The van der Waals surface area contributed by atoms with E-state index in [1.54, 1.807) is 0 Å². The average molecular weight is 416 g/mol. The van der Waals surface area contributed by atoms with Crippen molar-refractivity contribution in [2.24, 2.45) is 10.9 Å². The quantitative estimate of drug-likeness (QED) is 0.566. The van der Waals surface area contributed by atoms with Crippen molar-refractivity contribution < 1.29 is 9.53 Å². The maximum atomic E-state index is 12.7. The Morgan fingerprint density at radius 2 is 1.83 bits per heavy atom. The third-order valence-electron chi connectivity index (χ3n) is 6.26. The molecule has 1 aromatic carbocycles. The minimum absolute atomic E-state index is 0.133. The van der Waals surface area contributed by atoms with E-state index in [1.807, 2.05) is 11.9 Å². The van der Waals surface area contributed by atoms with Gasteiger partial charge in [0.05, 0.1) is 13.2 Å². The molecule has 2 aliphatic rings. The summed E-state index contributed by atoms with van der Waals surface area (Å²) in [5, 5.41) is 3.54. The number of nitrogens with one attached hydrogen (secondary N) is 1. The van der Waals surface area contributed by atoms with Crippen LogP contribution in [0.5, 0.6) is 0 Å². The van der Waals surface area contributed by atoms with Crippen molar-refractivity contribution in [2.45, 2.75) is 32.4 Å². The molecule has 3 rings (SSSR count). The fourth-order valence-electron chi connectivity index (χ4n) is 4.13. The topological polar surface area (TPSA) is 60.4 Å². The number of likely N-dealkylation sites (tertiary alicyclic amines) is 1. The zero-order chi connectivity index (χ0) is 21.3. The number of carbonyl (C=O) groups is 1. The predicted molar refractivity (Wildman–Crippen MR) is 120 cm³/mol. The van der Waals surface area contributed by atoms with Crippen molar-refractivity contribution in [3.05, 3.63) is 35.9 Å². The molecular formula is C23H37N5O2. The zero-order valence-electron chi connectivity index (χ0n) is 18.7. The molecule has 166 valence electrons. The molecule has 0 spiro atoms. The van der Waals surface area contributed by atoms with Crippen LogP contribution in [0, 0.1) is 5.92 Å². The number of ether oxygens (including phenoxy) is 1. The molecule has 30 heavy (non-hydrogen) atoms. The third-order valence-corrected chi connectivity index (χ3v) is 6.26. The van der Waals surface area contributed by atoms with Gasteiger partial charge in [-0.25, -0.2) is 0 Å². The van der Waals surface area contributed by atoms with Gasteiger partial charge in [-0.1, -0.05) is 30.3 Å². The lowest BCUT2D eigenvalue weighted by molar-refractivity contribution is -0.140. The van der Waals surface area contributed by atoms with E-state index in [2.05, 4.69) is 64.4 Å². The van der Waals surface area contributed by atoms with Crippen LogP contribution in [0.25, 0.3) is 0 Å². The molecule has 1 amide bonds. The van der Waals surface area contributed by atoms with Crippen LogP contribution in [0.1, 0.15) is 25.3 Å². The summed E-state index contributed by atoms with van der Waals surface area (Å²) in [4.78, 5) is 23.8. The molecule has 0 radical (unpaired) electrons. The Balaban J connectivity index is 1.42. The Morgan fingerprint density at radius 3 is 2.47 bits per heavy atom. The molecule has 0 saturated carbocycles. The molecule has 7 heteroatoms. The summed E-state index contributed by atoms with van der Waals surface area (Å²) in [5.74, 6) is 1.37. The van der Waals surface area contributed by atoms with Crippen LogP contribution in [-0.4, -0.2) is 92.6 Å². The van der Waals surface area contributed by atoms with E-state index in [-0.39, 0.29) is 5.92 Å². The van der Waals surface area contributed by atoms with E-state index in [4.69, 9.17) is 4.74 Å². The molecule has 2 aliphatic heterocycles. The van der Waals surface area contributed by atoms with E-state index >= 15 is 0 Å². The number of rotatable bonds is 6. The standard InChI is InChI=1S/C23H37N5O2/c1-19(26(3)18-20-7-5-4-6-8-20)17-25-23(24-2)28-11-9-21(10-12-28)22(29)27-13-15-30-16-14-27/h4-8,19,21H,9-18H2,1-3H3,(H,24,25). The number of carbonyl (C=O) groups excluding carboxylic acids is 1. The van der Waals surface area contributed by atoms with Crippen molar-refractivity contribution >= 4 is 11.9 Å². The molecule has 2 saturated heterocycles. The van der Waals surface area contributed by atoms with Gasteiger partial charge in [0.2, 0.25) is 5.91 Å². The molecular weight excluding hydrogens is 378 g/mol. The fourth-order valence-corrected chi connectivity index (χ4v) is 4.13. The highest BCUT2D eigenvalue weighted by Crippen LogP contribution is 2.20. The van der Waals surface area contributed by atoms with E-state index < -0.39 is 0 Å². The Bertz CT molecular complexity index is 682. The van der Waals surface area contributed by atoms with Gasteiger partial charge in [0.25, 0.3) is 0 Å². The second-order valence-corrected chi connectivity index (χ2v) is 8.38.